The highest BCUT2D eigenvalue weighted by Crippen LogP contribution is 2.41. The Morgan fingerprint density at radius 2 is 1.88 bits per heavy atom. The molecule has 0 saturated carbocycles. The van der Waals surface area contributed by atoms with Gasteiger partial charge in [0.25, 0.3) is 0 Å². The van der Waals surface area contributed by atoms with Crippen molar-refractivity contribution in [3.8, 4) is 0 Å². The summed E-state index contributed by atoms with van der Waals surface area (Å²) in [7, 11) is 0. The maximum absolute atomic E-state index is 12.7. The van der Waals surface area contributed by atoms with Gasteiger partial charge in [0.15, 0.2) is 0 Å². The van der Waals surface area contributed by atoms with Crippen molar-refractivity contribution in [3.05, 3.63) is 47.5 Å². The quantitative estimate of drug-likeness (QED) is 0.823. The third kappa shape index (κ3) is 4.43. The molecule has 2 unspecified atom stereocenters. The summed E-state index contributed by atoms with van der Waals surface area (Å²) >= 11 is 0. The number of rotatable bonds is 4. The molecular formula is C21H29NO3. The van der Waals surface area contributed by atoms with E-state index >= 15 is 0 Å². The Hall–Kier alpha value is -1.81. The van der Waals surface area contributed by atoms with Gasteiger partial charge in [-0.05, 0) is 57.9 Å². The van der Waals surface area contributed by atoms with Crippen LogP contribution in [-0.2, 0) is 11.3 Å². The van der Waals surface area contributed by atoms with Crippen molar-refractivity contribution in [2.75, 3.05) is 0 Å². The Balaban J connectivity index is 1.64. The molecule has 2 heterocycles. The van der Waals surface area contributed by atoms with Crippen molar-refractivity contribution in [2.24, 2.45) is 0 Å². The van der Waals surface area contributed by atoms with Crippen LogP contribution in [0.5, 0.6) is 0 Å². The summed E-state index contributed by atoms with van der Waals surface area (Å²) in [6.07, 6.45) is 6.87. The predicted octanol–water partition coefficient (Wildman–Crippen LogP) is 4.43. The molecule has 4 nitrogen and oxygen atoms in total. The van der Waals surface area contributed by atoms with E-state index < -0.39 is 5.60 Å². The van der Waals surface area contributed by atoms with Crippen molar-refractivity contribution in [3.63, 3.8) is 0 Å². The van der Waals surface area contributed by atoms with Gasteiger partial charge >= 0.3 is 6.09 Å². The molecule has 2 saturated heterocycles. The van der Waals surface area contributed by atoms with E-state index in [9.17, 15) is 9.90 Å². The first-order valence-corrected chi connectivity index (χ1v) is 9.32. The molecule has 136 valence electrons. The van der Waals surface area contributed by atoms with Gasteiger partial charge in [0, 0.05) is 12.1 Å². The van der Waals surface area contributed by atoms with E-state index in [4.69, 9.17) is 4.74 Å². The zero-order chi connectivity index (χ0) is 17.9. The predicted molar refractivity (Wildman–Crippen MR) is 98.1 cm³/mol. The van der Waals surface area contributed by atoms with Crippen LogP contribution in [0.4, 0.5) is 4.79 Å². The van der Waals surface area contributed by atoms with Crippen LogP contribution in [0.2, 0.25) is 0 Å². The maximum atomic E-state index is 12.7. The number of allylic oxidation sites excluding steroid dienone is 1. The molecular weight excluding hydrogens is 314 g/mol. The summed E-state index contributed by atoms with van der Waals surface area (Å²) in [5.74, 6) is 0. The minimum atomic E-state index is -0.691. The molecule has 2 atom stereocenters. The average Bonchev–Trinajstić information content (AvgIpc) is 2.58. The Morgan fingerprint density at radius 1 is 1.24 bits per heavy atom. The fourth-order valence-corrected chi connectivity index (χ4v) is 4.18. The lowest BCUT2D eigenvalue weighted by atomic mass is 9.74. The fraction of sp³-hybridized carbons (Fsp3) is 0.571. The lowest BCUT2D eigenvalue weighted by Gasteiger charge is -2.51. The number of hydrogen-bond acceptors (Lipinski definition) is 3. The number of fused-ring (bicyclic) bond motifs is 2. The lowest BCUT2D eigenvalue weighted by Crippen LogP contribution is -2.59. The zero-order valence-electron chi connectivity index (χ0n) is 15.3. The normalized spacial score (nSPS) is 28.4. The fourth-order valence-electron chi connectivity index (χ4n) is 4.18. The molecule has 2 bridgehead atoms. The van der Waals surface area contributed by atoms with Crippen molar-refractivity contribution in [1.82, 2.24) is 4.90 Å². The van der Waals surface area contributed by atoms with E-state index in [0.717, 1.165) is 24.8 Å². The van der Waals surface area contributed by atoms with Gasteiger partial charge in [0.1, 0.15) is 6.61 Å². The first-order valence-electron chi connectivity index (χ1n) is 9.32. The summed E-state index contributed by atoms with van der Waals surface area (Å²) in [5, 5.41) is 11.0. The molecule has 2 aliphatic heterocycles. The van der Waals surface area contributed by atoms with E-state index in [2.05, 4.69) is 19.9 Å². The van der Waals surface area contributed by atoms with E-state index in [1.165, 1.54) is 5.57 Å². The Labute approximate surface area is 150 Å². The van der Waals surface area contributed by atoms with E-state index in [1.54, 1.807) is 0 Å². The van der Waals surface area contributed by atoms with E-state index in [0.29, 0.717) is 25.9 Å². The monoisotopic (exact) mass is 343 g/mol. The third-order valence-electron chi connectivity index (χ3n) is 5.40. The highest BCUT2D eigenvalue weighted by Gasteiger charge is 2.47. The van der Waals surface area contributed by atoms with Gasteiger partial charge in [0.2, 0.25) is 0 Å². The largest absolute Gasteiger partial charge is 0.445 e. The van der Waals surface area contributed by atoms with Crippen LogP contribution in [-0.4, -0.2) is 33.8 Å². The summed E-state index contributed by atoms with van der Waals surface area (Å²) in [5.41, 5.74) is 1.53. The molecule has 0 spiro atoms. The SMILES string of the molecule is CC(C)=CCC1(O)CC2CCCC(C1)N2C(=O)OCc1ccccc1. The molecule has 0 radical (unpaired) electrons. The van der Waals surface area contributed by atoms with Crippen LogP contribution in [0.15, 0.2) is 42.0 Å². The summed E-state index contributed by atoms with van der Waals surface area (Å²) in [4.78, 5) is 14.6. The number of benzene rings is 1. The maximum Gasteiger partial charge on any atom is 0.410 e. The summed E-state index contributed by atoms with van der Waals surface area (Å²) < 4.78 is 5.56. The van der Waals surface area contributed by atoms with Crippen molar-refractivity contribution in [2.45, 2.75) is 76.7 Å². The second kappa shape index (κ2) is 7.61. The first kappa shape index (κ1) is 18.0. The van der Waals surface area contributed by atoms with Gasteiger partial charge in [-0.1, -0.05) is 42.0 Å². The van der Waals surface area contributed by atoms with Crippen LogP contribution >= 0.6 is 0 Å². The highest BCUT2D eigenvalue weighted by molar-refractivity contribution is 5.69. The molecule has 1 aromatic rings. The molecule has 3 rings (SSSR count). The molecule has 1 N–H and O–H groups in total. The minimum absolute atomic E-state index is 0.0892. The van der Waals surface area contributed by atoms with E-state index in [1.807, 2.05) is 35.2 Å². The van der Waals surface area contributed by atoms with Crippen LogP contribution in [0.25, 0.3) is 0 Å². The number of hydrogen-bond donors (Lipinski definition) is 1. The number of amides is 1. The second-order valence-corrected chi connectivity index (χ2v) is 7.80. The Bertz CT molecular complexity index is 607. The third-order valence-corrected chi connectivity index (χ3v) is 5.40. The van der Waals surface area contributed by atoms with Crippen molar-refractivity contribution < 1.29 is 14.6 Å². The minimum Gasteiger partial charge on any atom is -0.445 e. The lowest BCUT2D eigenvalue weighted by molar-refractivity contribution is -0.0833. The average molecular weight is 343 g/mol. The van der Waals surface area contributed by atoms with Crippen molar-refractivity contribution in [1.29, 1.82) is 0 Å². The first-order chi connectivity index (χ1) is 12.0. The molecule has 0 aliphatic carbocycles. The van der Waals surface area contributed by atoms with Crippen LogP contribution in [0.3, 0.4) is 0 Å². The Morgan fingerprint density at radius 3 is 2.48 bits per heavy atom. The summed E-state index contributed by atoms with van der Waals surface area (Å²) in [6.45, 7) is 4.41. The van der Waals surface area contributed by atoms with Gasteiger partial charge in [-0.25, -0.2) is 4.79 Å². The molecule has 1 aromatic carbocycles. The highest BCUT2D eigenvalue weighted by atomic mass is 16.6. The molecule has 2 aliphatic rings. The smallest absolute Gasteiger partial charge is 0.410 e. The van der Waals surface area contributed by atoms with Crippen LogP contribution < -0.4 is 0 Å². The number of aliphatic hydroxyl groups is 1. The van der Waals surface area contributed by atoms with Gasteiger partial charge in [-0.3, -0.25) is 0 Å². The number of carbonyl (C=O) groups excluding carboxylic acids is 1. The Kier molecular flexibility index (Phi) is 5.48. The standard InChI is InChI=1S/C21H29NO3/c1-16(2)11-12-21(24)13-18-9-6-10-19(14-21)22(18)20(23)25-15-17-7-4-3-5-8-17/h3-5,7-8,11,18-19,24H,6,9-10,12-15H2,1-2H3. The summed E-state index contributed by atoms with van der Waals surface area (Å²) in [6, 6.07) is 9.95. The van der Waals surface area contributed by atoms with Crippen LogP contribution in [0, 0.1) is 0 Å². The zero-order valence-corrected chi connectivity index (χ0v) is 15.3. The van der Waals surface area contributed by atoms with E-state index in [-0.39, 0.29) is 18.2 Å². The molecule has 4 heteroatoms. The van der Waals surface area contributed by atoms with Gasteiger partial charge < -0.3 is 14.7 Å². The topological polar surface area (TPSA) is 49.8 Å². The molecule has 25 heavy (non-hydrogen) atoms. The number of ether oxygens (including phenoxy) is 1. The number of piperidine rings is 2. The molecule has 1 amide bonds. The van der Waals surface area contributed by atoms with Gasteiger partial charge in [-0.15, -0.1) is 0 Å². The van der Waals surface area contributed by atoms with Gasteiger partial charge in [-0.2, -0.15) is 0 Å². The van der Waals surface area contributed by atoms with Crippen LogP contribution in [0.1, 0.15) is 57.9 Å². The molecule has 2 fully saturated rings. The number of carbonyl (C=O) groups is 1. The van der Waals surface area contributed by atoms with Crippen molar-refractivity contribution >= 4 is 6.09 Å². The molecule has 0 aromatic heterocycles. The van der Waals surface area contributed by atoms with Gasteiger partial charge in [0.05, 0.1) is 5.60 Å². The number of nitrogens with zero attached hydrogens (tertiary/aromatic N) is 1. The second-order valence-electron chi connectivity index (χ2n) is 7.80.